The average molecular weight is 252 g/mol. The van der Waals surface area contributed by atoms with E-state index in [9.17, 15) is 4.79 Å². The monoisotopic (exact) mass is 252 g/mol. The zero-order chi connectivity index (χ0) is 13.0. The third kappa shape index (κ3) is 3.30. The number of likely N-dealkylation sites (N-methyl/N-ethyl adjacent to an activating group) is 1. The summed E-state index contributed by atoms with van der Waals surface area (Å²) in [5.74, 6) is -0.146. The van der Waals surface area contributed by atoms with Gasteiger partial charge in [0.15, 0.2) is 0 Å². The fourth-order valence-electron chi connectivity index (χ4n) is 2.02. The van der Waals surface area contributed by atoms with Crippen LogP contribution in [-0.4, -0.2) is 59.5 Å². The standard InChI is InChI=1S/C12H20N4O2/c1-3-16-6-7-18-10(9-16)8-13-12(17)11-4-5-15(2)14-11/h4-5,10H,3,6-9H2,1-2H3,(H,13,17). The number of amides is 1. The predicted molar refractivity (Wildman–Crippen MR) is 67.4 cm³/mol. The van der Waals surface area contributed by atoms with Crippen molar-refractivity contribution in [3.63, 3.8) is 0 Å². The highest BCUT2D eigenvalue weighted by molar-refractivity contribution is 5.92. The smallest absolute Gasteiger partial charge is 0.271 e. The van der Waals surface area contributed by atoms with Crippen molar-refractivity contribution in [1.29, 1.82) is 0 Å². The Morgan fingerprint density at radius 2 is 2.50 bits per heavy atom. The van der Waals surface area contributed by atoms with Crippen molar-refractivity contribution in [2.45, 2.75) is 13.0 Å². The van der Waals surface area contributed by atoms with Gasteiger partial charge in [-0.05, 0) is 12.6 Å². The Kier molecular flexibility index (Phi) is 4.33. The predicted octanol–water partition coefficient (Wildman–Crippen LogP) is -0.129. The number of morpholine rings is 1. The van der Waals surface area contributed by atoms with Crippen LogP contribution in [0.5, 0.6) is 0 Å². The molecular formula is C12H20N4O2. The lowest BCUT2D eigenvalue weighted by Gasteiger charge is -2.32. The SMILES string of the molecule is CCN1CCOC(CNC(=O)c2ccn(C)n2)C1. The molecule has 2 heterocycles. The Morgan fingerprint density at radius 1 is 1.67 bits per heavy atom. The molecule has 6 nitrogen and oxygen atoms in total. The average Bonchev–Trinajstić information content (AvgIpc) is 2.83. The maximum Gasteiger partial charge on any atom is 0.271 e. The van der Waals surface area contributed by atoms with Gasteiger partial charge < -0.3 is 10.1 Å². The van der Waals surface area contributed by atoms with E-state index in [2.05, 4.69) is 22.2 Å². The summed E-state index contributed by atoms with van der Waals surface area (Å²) in [5, 5.41) is 6.92. The Morgan fingerprint density at radius 3 is 3.17 bits per heavy atom. The maximum atomic E-state index is 11.8. The van der Waals surface area contributed by atoms with E-state index in [1.54, 1.807) is 24.0 Å². The Hall–Kier alpha value is -1.40. The molecule has 0 radical (unpaired) electrons. The van der Waals surface area contributed by atoms with Crippen LogP contribution in [0.1, 0.15) is 17.4 Å². The second-order valence-electron chi connectivity index (χ2n) is 4.47. The van der Waals surface area contributed by atoms with Gasteiger partial charge >= 0.3 is 0 Å². The van der Waals surface area contributed by atoms with Crippen LogP contribution in [0.4, 0.5) is 0 Å². The van der Waals surface area contributed by atoms with Crippen molar-refractivity contribution >= 4 is 5.91 Å². The van der Waals surface area contributed by atoms with E-state index < -0.39 is 0 Å². The summed E-state index contributed by atoms with van der Waals surface area (Å²) in [5.41, 5.74) is 0.445. The van der Waals surface area contributed by atoms with E-state index >= 15 is 0 Å². The first-order valence-electron chi connectivity index (χ1n) is 6.31. The second-order valence-corrected chi connectivity index (χ2v) is 4.47. The summed E-state index contributed by atoms with van der Waals surface area (Å²) in [6.07, 6.45) is 1.83. The first kappa shape index (κ1) is 13.0. The van der Waals surface area contributed by atoms with Crippen molar-refractivity contribution in [3.05, 3.63) is 18.0 Å². The molecule has 0 bridgehead atoms. The van der Waals surface area contributed by atoms with Crippen LogP contribution >= 0.6 is 0 Å². The maximum absolute atomic E-state index is 11.8. The summed E-state index contributed by atoms with van der Waals surface area (Å²) in [4.78, 5) is 14.1. The fourth-order valence-corrected chi connectivity index (χ4v) is 2.02. The van der Waals surface area contributed by atoms with E-state index in [1.807, 2.05) is 0 Å². The third-order valence-electron chi connectivity index (χ3n) is 3.11. The van der Waals surface area contributed by atoms with Crippen LogP contribution in [0.3, 0.4) is 0 Å². The number of nitrogens with zero attached hydrogens (tertiary/aromatic N) is 3. The largest absolute Gasteiger partial charge is 0.374 e. The number of rotatable bonds is 4. The fraction of sp³-hybridized carbons (Fsp3) is 0.667. The highest BCUT2D eigenvalue weighted by atomic mass is 16.5. The molecule has 0 saturated carbocycles. The number of aromatic nitrogens is 2. The zero-order valence-corrected chi connectivity index (χ0v) is 10.9. The van der Waals surface area contributed by atoms with Gasteiger partial charge in [-0.25, -0.2) is 0 Å². The number of ether oxygens (including phenoxy) is 1. The van der Waals surface area contributed by atoms with E-state index in [1.165, 1.54) is 0 Å². The highest BCUT2D eigenvalue weighted by Crippen LogP contribution is 2.04. The van der Waals surface area contributed by atoms with Crippen molar-refractivity contribution in [2.24, 2.45) is 7.05 Å². The molecule has 1 aliphatic heterocycles. The molecule has 1 aromatic rings. The number of aryl methyl sites for hydroxylation is 1. The van der Waals surface area contributed by atoms with Crippen molar-refractivity contribution in [2.75, 3.05) is 32.8 Å². The van der Waals surface area contributed by atoms with Gasteiger partial charge in [0.25, 0.3) is 5.91 Å². The Bertz CT molecular complexity index is 405. The number of nitrogens with one attached hydrogen (secondary N) is 1. The lowest BCUT2D eigenvalue weighted by molar-refractivity contribution is -0.0246. The summed E-state index contributed by atoms with van der Waals surface area (Å²) in [6, 6.07) is 1.70. The molecule has 2 rings (SSSR count). The molecule has 0 spiro atoms. The normalized spacial score (nSPS) is 20.9. The minimum atomic E-state index is -0.146. The molecule has 1 amide bonds. The molecular weight excluding hydrogens is 232 g/mol. The molecule has 18 heavy (non-hydrogen) atoms. The van der Waals surface area contributed by atoms with Gasteiger partial charge in [0.2, 0.25) is 0 Å². The quantitative estimate of drug-likeness (QED) is 0.811. The molecule has 1 aliphatic rings. The number of hydrogen-bond donors (Lipinski definition) is 1. The highest BCUT2D eigenvalue weighted by Gasteiger charge is 2.20. The topological polar surface area (TPSA) is 59.4 Å². The molecule has 1 fully saturated rings. The lowest BCUT2D eigenvalue weighted by atomic mass is 10.2. The van der Waals surface area contributed by atoms with Crippen LogP contribution in [0.15, 0.2) is 12.3 Å². The zero-order valence-electron chi connectivity index (χ0n) is 10.9. The molecule has 1 atom stereocenters. The molecule has 1 N–H and O–H groups in total. The summed E-state index contributed by atoms with van der Waals surface area (Å²) in [6.45, 7) is 6.27. The van der Waals surface area contributed by atoms with Gasteiger partial charge in [-0.3, -0.25) is 14.4 Å². The van der Waals surface area contributed by atoms with Crippen LogP contribution in [-0.2, 0) is 11.8 Å². The Labute approximate surface area is 107 Å². The summed E-state index contributed by atoms with van der Waals surface area (Å²) in [7, 11) is 1.79. The van der Waals surface area contributed by atoms with Gasteiger partial charge in [-0.1, -0.05) is 6.92 Å². The van der Waals surface area contributed by atoms with Gasteiger partial charge in [-0.15, -0.1) is 0 Å². The Balaban J connectivity index is 1.79. The van der Waals surface area contributed by atoms with Crippen LogP contribution < -0.4 is 5.32 Å². The van der Waals surface area contributed by atoms with Gasteiger partial charge in [0.05, 0.1) is 12.7 Å². The number of hydrogen-bond acceptors (Lipinski definition) is 4. The molecule has 1 aromatic heterocycles. The van der Waals surface area contributed by atoms with Crippen LogP contribution in [0.25, 0.3) is 0 Å². The molecule has 1 unspecified atom stereocenters. The molecule has 6 heteroatoms. The van der Waals surface area contributed by atoms with E-state index in [0.29, 0.717) is 12.2 Å². The van der Waals surface area contributed by atoms with Crippen molar-refractivity contribution < 1.29 is 9.53 Å². The van der Waals surface area contributed by atoms with Crippen molar-refractivity contribution in [3.8, 4) is 0 Å². The number of carbonyl (C=O) groups is 1. The molecule has 1 saturated heterocycles. The summed E-state index contributed by atoms with van der Waals surface area (Å²) >= 11 is 0. The van der Waals surface area contributed by atoms with E-state index in [-0.39, 0.29) is 12.0 Å². The third-order valence-corrected chi connectivity index (χ3v) is 3.11. The summed E-state index contributed by atoms with van der Waals surface area (Å²) < 4.78 is 7.24. The van der Waals surface area contributed by atoms with Gasteiger partial charge in [-0.2, -0.15) is 5.10 Å². The van der Waals surface area contributed by atoms with E-state index in [4.69, 9.17) is 4.74 Å². The molecule has 0 aromatic carbocycles. The first-order valence-corrected chi connectivity index (χ1v) is 6.31. The van der Waals surface area contributed by atoms with Gasteiger partial charge in [0.1, 0.15) is 5.69 Å². The first-order chi connectivity index (χ1) is 8.69. The van der Waals surface area contributed by atoms with Crippen LogP contribution in [0.2, 0.25) is 0 Å². The lowest BCUT2D eigenvalue weighted by Crippen LogP contribution is -2.47. The van der Waals surface area contributed by atoms with Crippen molar-refractivity contribution in [1.82, 2.24) is 20.0 Å². The van der Waals surface area contributed by atoms with Crippen LogP contribution in [0, 0.1) is 0 Å². The number of carbonyl (C=O) groups excluding carboxylic acids is 1. The van der Waals surface area contributed by atoms with E-state index in [0.717, 1.165) is 26.2 Å². The second kappa shape index (κ2) is 5.97. The molecule has 0 aliphatic carbocycles. The minimum Gasteiger partial charge on any atom is -0.374 e. The molecule has 100 valence electrons. The minimum absolute atomic E-state index is 0.0753. The van der Waals surface area contributed by atoms with Gasteiger partial charge in [0, 0.05) is 32.9 Å².